The number of unbranched alkanes of at least 4 members (excludes halogenated alkanes) is 2. The number of hydrogen-bond donors (Lipinski definition) is 1. The number of carbonyl (C=O) groups excluding carboxylic acids is 1. The van der Waals surface area contributed by atoms with Crippen molar-refractivity contribution in [1.29, 1.82) is 0 Å². The van der Waals surface area contributed by atoms with Gasteiger partial charge in [-0.05, 0) is 87.6 Å². The molecule has 1 aromatic carbocycles. The third kappa shape index (κ3) is 7.22. The summed E-state index contributed by atoms with van der Waals surface area (Å²) in [6, 6.07) is 10.8. The van der Waals surface area contributed by atoms with Gasteiger partial charge in [-0.3, -0.25) is 14.5 Å². The number of anilines is 1. The van der Waals surface area contributed by atoms with E-state index in [1.54, 1.807) is 24.3 Å². The molecule has 3 rings (SSSR count). The number of likely N-dealkylation sites (tertiary alicyclic amines) is 1. The van der Waals surface area contributed by atoms with E-state index in [-0.39, 0.29) is 11.7 Å². The largest absolute Gasteiger partial charge is 0.303 e. The van der Waals surface area contributed by atoms with Crippen molar-refractivity contribution in [2.75, 3.05) is 30.6 Å². The van der Waals surface area contributed by atoms with Gasteiger partial charge in [-0.2, -0.15) is 0 Å². The number of sulfonamides is 1. The summed E-state index contributed by atoms with van der Waals surface area (Å²) in [5.41, 5.74) is 2.44. The molecule has 30 heavy (non-hydrogen) atoms. The average molecular weight is 430 g/mol. The molecule has 0 saturated carbocycles. The van der Waals surface area contributed by atoms with Crippen LogP contribution in [0.5, 0.6) is 0 Å². The summed E-state index contributed by atoms with van der Waals surface area (Å²) in [5, 5.41) is 0. The summed E-state index contributed by atoms with van der Waals surface area (Å²) in [6.45, 7) is 3.03. The molecule has 7 heteroatoms. The van der Waals surface area contributed by atoms with Crippen LogP contribution in [0.25, 0.3) is 0 Å². The minimum absolute atomic E-state index is 0.0561. The minimum atomic E-state index is -3.31. The molecule has 6 nitrogen and oxygen atoms in total. The molecule has 1 aliphatic heterocycles. The van der Waals surface area contributed by atoms with Gasteiger partial charge in [-0.15, -0.1) is 0 Å². The van der Waals surface area contributed by atoms with Gasteiger partial charge in [0, 0.05) is 29.6 Å². The van der Waals surface area contributed by atoms with E-state index in [9.17, 15) is 13.2 Å². The minimum Gasteiger partial charge on any atom is -0.303 e. The van der Waals surface area contributed by atoms with E-state index in [2.05, 4.69) is 20.7 Å². The van der Waals surface area contributed by atoms with Crippen LogP contribution in [0, 0.1) is 5.92 Å². The Balaban J connectivity index is 1.36. The van der Waals surface area contributed by atoms with Crippen molar-refractivity contribution in [3.63, 3.8) is 0 Å². The zero-order valence-electron chi connectivity index (χ0n) is 17.6. The number of hydrogen-bond acceptors (Lipinski definition) is 5. The van der Waals surface area contributed by atoms with Crippen LogP contribution in [0.3, 0.4) is 0 Å². The predicted octanol–water partition coefficient (Wildman–Crippen LogP) is 3.76. The fourth-order valence-electron chi connectivity index (χ4n) is 3.96. The molecule has 0 bridgehead atoms. The molecule has 0 radical (unpaired) electrons. The SMILES string of the molecule is CS(=O)(=O)Nc1ccc(C(=O)C2CCN(CCCCCc3cccnc3)CC2)cc1. The lowest BCUT2D eigenvalue weighted by Gasteiger charge is -2.31. The Morgan fingerprint density at radius 2 is 1.83 bits per heavy atom. The van der Waals surface area contributed by atoms with Gasteiger partial charge in [0.1, 0.15) is 0 Å². The lowest BCUT2D eigenvalue weighted by atomic mass is 9.88. The summed E-state index contributed by atoms with van der Waals surface area (Å²) in [7, 11) is -3.31. The van der Waals surface area contributed by atoms with Gasteiger partial charge in [0.15, 0.2) is 5.78 Å². The van der Waals surface area contributed by atoms with E-state index in [1.165, 1.54) is 24.8 Å². The molecule has 0 unspecified atom stereocenters. The number of nitrogens with zero attached hydrogens (tertiary/aromatic N) is 2. The maximum absolute atomic E-state index is 12.8. The number of Topliss-reactive ketones (excluding diaryl/α,β-unsaturated/α-hetero) is 1. The maximum atomic E-state index is 12.8. The molecular formula is C23H31N3O3S. The number of aromatic nitrogens is 1. The molecule has 0 spiro atoms. The normalized spacial score (nSPS) is 15.8. The zero-order valence-corrected chi connectivity index (χ0v) is 18.4. The summed E-state index contributed by atoms with van der Waals surface area (Å²) >= 11 is 0. The van der Waals surface area contributed by atoms with Gasteiger partial charge in [0.2, 0.25) is 10.0 Å². The van der Waals surface area contributed by atoms with Gasteiger partial charge >= 0.3 is 0 Å². The molecular weight excluding hydrogens is 398 g/mol. The number of rotatable bonds is 10. The molecule has 2 aromatic rings. The fraction of sp³-hybridized carbons (Fsp3) is 0.478. The van der Waals surface area contributed by atoms with Crippen LogP contribution in [0.15, 0.2) is 48.8 Å². The molecule has 1 aliphatic rings. The molecule has 1 fully saturated rings. The standard InChI is InChI=1S/C23H31N3O3S/c1-30(28,29)25-22-10-8-20(9-11-22)23(27)21-12-16-26(17-13-21)15-4-2-3-6-19-7-5-14-24-18-19/h5,7-11,14,18,21,25H,2-4,6,12-13,15-17H2,1H3. The Morgan fingerprint density at radius 3 is 2.47 bits per heavy atom. The van der Waals surface area contributed by atoms with E-state index in [4.69, 9.17) is 0 Å². The lowest BCUT2D eigenvalue weighted by Crippen LogP contribution is -2.36. The van der Waals surface area contributed by atoms with Crippen LogP contribution in [-0.4, -0.2) is 50.0 Å². The van der Waals surface area contributed by atoms with Crippen molar-refractivity contribution < 1.29 is 13.2 Å². The number of carbonyl (C=O) groups is 1. The average Bonchev–Trinajstić information content (AvgIpc) is 2.74. The summed E-state index contributed by atoms with van der Waals surface area (Å²) in [4.78, 5) is 19.4. The molecule has 0 aliphatic carbocycles. The highest BCUT2D eigenvalue weighted by molar-refractivity contribution is 7.92. The van der Waals surface area contributed by atoms with Crippen molar-refractivity contribution in [2.24, 2.45) is 5.92 Å². The third-order valence-corrected chi connectivity index (χ3v) is 6.20. The van der Waals surface area contributed by atoms with Gasteiger partial charge in [0.25, 0.3) is 0 Å². The quantitative estimate of drug-likeness (QED) is 0.459. The van der Waals surface area contributed by atoms with E-state index in [1.807, 2.05) is 18.5 Å². The Hall–Kier alpha value is -2.25. The van der Waals surface area contributed by atoms with E-state index in [0.717, 1.165) is 45.2 Å². The first-order valence-corrected chi connectivity index (χ1v) is 12.5. The Labute approximate surface area is 179 Å². The van der Waals surface area contributed by atoms with Gasteiger partial charge in [-0.1, -0.05) is 12.5 Å². The van der Waals surface area contributed by atoms with Crippen LogP contribution in [-0.2, 0) is 16.4 Å². The first-order valence-electron chi connectivity index (χ1n) is 10.6. The highest BCUT2D eigenvalue weighted by Gasteiger charge is 2.25. The number of ketones is 1. The first kappa shape index (κ1) is 22.4. The molecule has 2 heterocycles. The number of aryl methyl sites for hydroxylation is 1. The second-order valence-electron chi connectivity index (χ2n) is 8.10. The van der Waals surface area contributed by atoms with Crippen molar-refractivity contribution in [3.05, 3.63) is 59.9 Å². The summed E-state index contributed by atoms with van der Waals surface area (Å²) in [6.07, 6.45) is 11.3. The fourth-order valence-corrected chi connectivity index (χ4v) is 4.52. The van der Waals surface area contributed by atoms with Gasteiger partial charge in [-0.25, -0.2) is 8.42 Å². The zero-order chi connectivity index (χ0) is 21.4. The number of piperidine rings is 1. The van der Waals surface area contributed by atoms with Gasteiger partial charge in [0.05, 0.1) is 6.26 Å². The molecule has 0 atom stereocenters. The predicted molar refractivity (Wildman–Crippen MR) is 120 cm³/mol. The highest BCUT2D eigenvalue weighted by Crippen LogP contribution is 2.23. The second-order valence-corrected chi connectivity index (χ2v) is 9.85. The topological polar surface area (TPSA) is 79.4 Å². The Bertz CT molecular complexity index is 906. The monoisotopic (exact) mass is 429 g/mol. The van der Waals surface area contributed by atoms with Crippen LogP contribution < -0.4 is 4.72 Å². The lowest BCUT2D eigenvalue weighted by molar-refractivity contribution is 0.0839. The first-order chi connectivity index (χ1) is 14.4. The van der Waals surface area contributed by atoms with E-state index >= 15 is 0 Å². The molecule has 1 aromatic heterocycles. The highest BCUT2D eigenvalue weighted by atomic mass is 32.2. The second kappa shape index (κ2) is 10.7. The molecule has 1 N–H and O–H groups in total. The Morgan fingerprint density at radius 1 is 1.10 bits per heavy atom. The number of nitrogens with one attached hydrogen (secondary N) is 1. The van der Waals surface area contributed by atoms with Crippen molar-refractivity contribution >= 4 is 21.5 Å². The van der Waals surface area contributed by atoms with Crippen LogP contribution >= 0.6 is 0 Å². The molecule has 0 amide bonds. The Kier molecular flexibility index (Phi) is 7.99. The van der Waals surface area contributed by atoms with E-state index in [0.29, 0.717) is 11.3 Å². The third-order valence-electron chi connectivity index (χ3n) is 5.59. The number of pyridine rings is 1. The van der Waals surface area contributed by atoms with Crippen molar-refractivity contribution in [3.8, 4) is 0 Å². The summed E-state index contributed by atoms with van der Waals surface area (Å²) < 4.78 is 25.0. The molecule has 162 valence electrons. The van der Waals surface area contributed by atoms with Gasteiger partial charge < -0.3 is 4.90 Å². The number of benzene rings is 1. The van der Waals surface area contributed by atoms with Crippen molar-refractivity contribution in [1.82, 2.24) is 9.88 Å². The molecule has 1 saturated heterocycles. The van der Waals surface area contributed by atoms with E-state index < -0.39 is 10.0 Å². The summed E-state index contributed by atoms with van der Waals surface area (Å²) in [5.74, 6) is 0.220. The van der Waals surface area contributed by atoms with Crippen LogP contribution in [0.1, 0.15) is 48.0 Å². The van der Waals surface area contributed by atoms with Crippen LogP contribution in [0.4, 0.5) is 5.69 Å². The maximum Gasteiger partial charge on any atom is 0.229 e. The van der Waals surface area contributed by atoms with Crippen molar-refractivity contribution in [2.45, 2.75) is 38.5 Å². The van der Waals surface area contributed by atoms with Crippen LogP contribution in [0.2, 0.25) is 0 Å². The smallest absolute Gasteiger partial charge is 0.229 e.